The Kier molecular flexibility index (Phi) is 6.54. The van der Waals surface area contributed by atoms with E-state index >= 15 is 0 Å². The summed E-state index contributed by atoms with van der Waals surface area (Å²) in [5.41, 5.74) is 3.43. The maximum absolute atomic E-state index is 13.4. The van der Waals surface area contributed by atoms with Crippen molar-refractivity contribution in [3.8, 4) is 0 Å². The standard InChI is InChI=1S/C27H33ClN2O2/c28-25-10-4-2-7-21(25)17-23-18-27(20-32-23)11-15-30(16-12-27)26(31)24-9-3-1-8-22(24)19-29-13-5-6-14-29/h1-4,7-10,23H,5-6,11-20H2/t23-/m1/s1. The van der Waals surface area contributed by atoms with Gasteiger partial charge in [0, 0.05) is 36.6 Å². The number of nitrogens with zero attached hydrogens (tertiary/aromatic N) is 2. The molecular formula is C27H33ClN2O2. The van der Waals surface area contributed by atoms with Gasteiger partial charge in [0.2, 0.25) is 0 Å². The van der Waals surface area contributed by atoms with Crippen LogP contribution in [0.4, 0.5) is 0 Å². The third-order valence-electron chi connectivity index (χ3n) is 7.64. The van der Waals surface area contributed by atoms with Crippen molar-refractivity contribution in [2.24, 2.45) is 5.41 Å². The van der Waals surface area contributed by atoms with Crippen molar-refractivity contribution in [2.45, 2.75) is 51.2 Å². The maximum Gasteiger partial charge on any atom is 0.254 e. The van der Waals surface area contributed by atoms with Crippen molar-refractivity contribution in [3.05, 3.63) is 70.2 Å². The highest BCUT2D eigenvalue weighted by Crippen LogP contribution is 2.43. The number of likely N-dealkylation sites (tertiary alicyclic amines) is 2. The lowest BCUT2D eigenvalue weighted by molar-refractivity contribution is 0.0495. The molecule has 1 spiro atoms. The molecule has 1 atom stereocenters. The van der Waals surface area contributed by atoms with Gasteiger partial charge in [0.1, 0.15) is 0 Å². The number of carbonyl (C=O) groups is 1. The zero-order chi connectivity index (χ0) is 22.0. The number of carbonyl (C=O) groups excluding carboxylic acids is 1. The maximum atomic E-state index is 13.4. The highest BCUT2D eigenvalue weighted by molar-refractivity contribution is 6.31. The minimum absolute atomic E-state index is 0.196. The van der Waals surface area contributed by atoms with E-state index in [0.717, 1.165) is 75.6 Å². The number of amides is 1. The van der Waals surface area contributed by atoms with Gasteiger partial charge in [0.15, 0.2) is 0 Å². The highest BCUT2D eigenvalue weighted by Gasteiger charge is 2.43. The van der Waals surface area contributed by atoms with E-state index in [0.29, 0.717) is 0 Å². The minimum atomic E-state index is 0.196. The summed E-state index contributed by atoms with van der Waals surface area (Å²) in [6.07, 6.45) is 6.73. The first-order valence-corrected chi connectivity index (χ1v) is 12.4. The quantitative estimate of drug-likeness (QED) is 0.625. The Hall–Kier alpha value is -1.88. The number of hydrogen-bond acceptors (Lipinski definition) is 3. The molecule has 3 fully saturated rings. The summed E-state index contributed by atoms with van der Waals surface area (Å²) in [4.78, 5) is 17.9. The molecule has 3 aliphatic heterocycles. The van der Waals surface area contributed by atoms with E-state index in [9.17, 15) is 4.79 Å². The minimum Gasteiger partial charge on any atom is -0.377 e. The normalized spacial score (nSPS) is 23.2. The van der Waals surface area contributed by atoms with E-state index in [1.165, 1.54) is 24.0 Å². The fourth-order valence-electron chi connectivity index (χ4n) is 5.69. The van der Waals surface area contributed by atoms with Gasteiger partial charge in [-0.25, -0.2) is 0 Å². The summed E-state index contributed by atoms with van der Waals surface area (Å²) >= 11 is 6.36. The zero-order valence-corrected chi connectivity index (χ0v) is 19.5. The SMILES string of the molecule is O=C(c1ccccc1CN1CCCC1)N1CCC2(CC1)CO[C@H](Cc1ccccc1Cl)C2. The van der Waals surface area contributed by atoms with E-state index in [4.69, 9.17) is 16.3 Å². The molecule has 0 radical (unpaired) electrons. The second-order valence-corrected chi connectivity index (χ2v) is 10.3. The molecule has 32 heavy (non-hydrogen) atoms. The van der Waals surface area contributed by atoms with Gasteiger partial charge < -0.3 is 9.64 Å². The molecule has 3 saturated heterocycles. The molecule has 2 aromatic carbocycles. The molecule has 170 valence electrons. The molecule has 3 aliphatic rings. The molecule has 4 nitrogen and oxygen atoms in total. The number of halogens is 1. The summed E-state index contributed by atoms with van der Waals surface area (Å²) in [6.45, 7) is 5.61. The number of piperidine rings is 1. The lowest BCUT2D eigenvalue weighted by Gasteiger charge is -2.38. The Morgan fingerprint density at radius 3 is 2.41 bits per heavy atom. The largest absolute Gasteiger partial charge is 0.377 e. The second-order valence-electron chi connectivity index (χ2n) is 9.87. The van der Waals surface area contributed by atoms with Gasteiger partial charge >= 0.3 is 0 Å². The molecule has 0 N–H and O–H groups in total. The van der Waals surface area contributed by atoms with Crippen LogP contribution >= 0.6 is 11.6 Å². The molecule has 0 aromatic heterocycles. The van der Waals surface area contributed by atoms with Crippen LogP contribution in [0.15, 0.2) is 48.5 Å². The van der Waals surface area contributed by atoms with Gasteiger partial charge in [-0.05, 0) is 73.9 Å². The lowest BCUT2D eigenvalue weighted by Crippen LogP contribution is -2.44. The number of ether oxygens (including phenoxy) is 1. The smallest absolute Gasteiger partial charge is 0.254 e. The van der Waals surface area contributed by atoms with Crippen molar-refractivity contribution in [3.63, 3.8) is 0 Å². The van der Waals surface area contributed by atoms with E-state index in [1.54, 1.807) is 0 Å². The van der Waals surface area contributed by atoms with Gasteiger partial charge in [-0.2, -0.15) is 0 Å². The van der Waals surface area contributed by atoms with Gasteiger partial charge in [-0.3, -0.25) is 9.69 Å². The van der Waals surface area contributed by atoms with Crippen LogP contribution in [-0.4, -0.2) is 54.6 Å². The van der Waals surface area contributed by atoms with E-state index in [1.807, 2.05) is 30.3 Å². The third kappa shape index (κ3) is 4.73. The van der Waals surface area contributed by atoms with E-state index < -0.39 is 0 Å². The predicted molar refractivity (Wildman–Crippen MR) is 128 cm³/mol. The average Bonchev–Trinajstić information content (AvgIpc) is 3.46. The average molecular weight is 453 g/mol. The Labute approximate surface area is 196 Å². The molecule has 0 bridgehead atoms. The topological polar surface area (TPSA) is 32.8 Å². The summed E-state index contributed by atoms with van der Waals surface area (Å²) in [6, 6.07) is 16.2. The Balaban J connectivity index is 1.19. The molecule has 5 heteroatoms. The van der Waals surface area contributed by atoms with E-state index in [2.05, 4.69) is 28.0 Å². The second kappa shape index (κ2) is 9.54. The number of hydrogen-bond donors (Lipinski definition) is 0. The van der Waals surface area contributed by atoms with Crippen LogP contribution in [0.1, 0.15) is 53.6 Å². The molecule has 0 aliphatic carbocycles. The van der Waals surface area contributed by atoms with Crippen molar-refractivity contribution >= 4 is 17.5 Å². The molecule has 2 aromatic rings. The molecule has 0 unspecified atom stereocenters. The molecule has 0 saturated carbocycles. The molecule has 1 amide bonds. The lowest BCUT2D eigenvalue weighted by atomic mass is 9.76. The first-order chi connectivity index (χ1) is 15.6. The monoisotopic (exact) mass is 452 g/mol. The number of benzene rings is 2. The summed E-state index contributed by atoms with van der Waals surface area (Å²) in [5.74, 6) is 0.196. The number of rotatable bonds is 5. The zero-order valence-electron chi connectivity index (χ0n) is 18.8. The van der Waals surface area contributed by atoms with Gasteiger partial charge in [0.05, 0.1) is 12.7 Å². The van der Waals surface area contributed by atoms with Crippen LogP contribution in [0.25, 0.3) is 0 Å². The Morgan fingerprint density at radius 2 is 1.66 bits per heavy atom. The molecule has 3 heterocycles. The molecule has 5 rings (SSSR count). The summed E-state index contributed by atoms with van der Waals surface area (Å²) in [5, 5.41) is 0.824. The van der Waals surface area contributed by atoms with E-state index in [-0.39, 0.29) is 17.4 Å². The fourth-order valence-corrected chi connectivity index (χ4v) is 5.90. The highest BCUT2D eigenvalue weighted by atomic mass is 35.5. The Bertz CT molecular complexity index is 948. The van der Waals surface area contributed by atoms with Gasteiger partial charge in [-0.15, -0.1) is 0 Å². The van der Waals surface area contributed by atoms with Crippen LogP contribution in [-0.2, 0) is 17.7 Å². The van der Waals surface area contributed by atoms with Gasteiger partial charge in [-0.1, -0.05) is 48.0 Å². The predicted octanol–water partition coefficient (Wildman–Crippen LogP) is 5.19. The van der Waals surface area contributed by atoms with Crippen molar-refractivity contribution < 1.29 is 9.53 Å². The van der Waals surface area contributed by atoms with Crippen molar-refractivity contribution in [1.29, 1.82) is 0 Å². The fraction of sp³-hybridized carbons (Fsp3) is 0.519. The van der Waals surface area contributed by atoms with Crippen LogP contribution in [0, 0.1) is 5.41 Å². The van der Waals surface area contributed by atoms with Crippen LogP contribution < -0.4 is 0 Å². The summed E-state index contributed by atoms with van der Waals surface area (Å²) < 4.78 is 6.21. The third-order valence-corrected chi connectivity index (χ3v) is 8.01. The van der Waals surface area contributed by atoms with Crippen LogP contribution in [0.3, 0.4) is 0 Å². The van der Waals surface area contributed by atoms with Crippen LogP contribution in [0.5, 0.6) is 0 Å². The Morgan fingerprint density at radius 1 is 0.969 bits per heavy atom. The molecular weight excluding hydrogens is 420 g/mol. The van der Waals surface area contributed by atoms with Crippen molar-refractivity contribution in [2.75, 3.05) is 32.8 Å². The first kappa shape index (κ1) is 21.9. The first-order valence-electron chi connectivity index (χ1n) is 12.1. The van der Waals surface area contributed by atoms with Crippen LogP contribution in [0.2, 0.25) is 5.02 Å². The van der Waals surface area contributed by atoms with Gasteiger partial charge in [0.25, 0.3) is 5.91 Å². The summed E-state index contributed by atoms with van der Waals surface area (Å²) in [7, 11) is 0. The van der Waals surface area contributed by atoms with Crippen molar-refractivity contribution in [1.82, 2.24) is 9.80 Å².